The number of amides is 2. The number of aromatic nitrogens is 3. The summed E-state index contributed by atoms with van der Waals surface area (Å²) in [6.07, 6.45) is 6.36. The normalized spacial score (nSPS) is 14.6. The number of rotatable bonds is 8. The molecule has 2 N–H and O–H groups in total. The van der Waals surface area contributed by atoms with Crippen LogP contribution in [-0.4, -0.2) is 44.9 Å². The minimum absolute atomic E-state index is 0.0432. The van der Waals surface area contributed by atoms with Crippen LogP contribution in [0.4, 0.5) is 0 Å². The van der Waals surface area contributed by atoms with Gasteiger partial charge in [-0.2, -0.15) is 0 Å². The maximum absolute atomic E-state index is 12.2. The van der Waals surface area contributed by atoms with Gasteiger partial charge in [0.15, 0.2) is 5.16 Å². The number of carbonyl (C=O) groups excluding carboxylic acids is 2. The summed E-state index contributed by atoms with van der Waals surface area (Å²) in [7, 11) is 1.87. The highest BCUT2D eigenvalue weighted by molar-refractivity contribution is 7.99. The Kier molecular flexibility index (Phi) is 7.94. The van der Waals surface area contributed by atoms with Gasteiger partial charge in [0.2, 0.25) is 5.91 Å². The highest BCUT2D eigenvalue weighted by Crippen LogP contribution is 2.19. The van der Waals surface area contributed by atoms with E-state index in [2.05, 4.69) is 20.8 Å². The molecule has 0 atom stereocenters. The van der Waals surface area contributed by atoms with Gasteiger partial charge < -0.3 is 15.2 Å². The van der Waals surface area contributed by atoms with Crippen molar-refractivity contribution in [2.24, 2.45) is 7.05 Å². The smallest absolute Gasteiger partial charge is 0.251 e. The highest BCUT2D eigenvalue weighted by atomic mass is 35.5. The molecular formula is C20H26ClN5O2S. The van der Waals surface area contributed by atoms with E-state index in [-0.39, 0.29) is 11.8 Å². The van der Waals surface area contributed by atoms with Gasteiger partial charge >= 0.3 is 0 Å². The Balaban J connectivity index is 1.42. The predicted molar refractivity (Wildman–Crippen MR) is 114 cm³/mol. The first-order valence-corrected chi connectivity index (χ1v) is 11.2. The van der Waals surface area contributed by atoms with Crippen molar-refractivity contribution < 1.29 is 9.59 Å². The van der Waals surface area contributed by atoms with Crippen molar-refractivity contribution in [2.75, 3.05) is 12.3 Å². The minimum Gasteiger partial charge on any atom is -0.353 e. The van der Waals surface area contributed by atoms with E-state index >= 15 is 0 Å². The fraction of sp³-hybridized carbons (Fsp3) is 0.500. The van der Waals surface area contributed by atoms with Gasteiger partial charge in [-0.15, -0.1) is 10.2 Å². The van der Waals surface area contributed by atoms with Crippen LogP contribution in [0.15, 0.2) is 29.4 Å². The lowest BCUT2D eigenvalue weighted by atomic mass is 9.95. The molecule has 0 spiro atoms. The van der Waals surface area contributed by atoms with Gasteiger partial charge in [-0.1, -0.05) is 42.6 Å². The van der Waals surface area contributed by atoms with E-state index in [9.17, 15) is 9.59 Å². The van der Waals surface area contributed by atoms with Crippen molar-refractivity contribution in [3.63, 3.8) is 0 Å². The number of hydrogen-bond acceptors (Lipinski definition) is 5. The summed E-state index contributed by atoms with van der Waals surface area (Å²) in [4.78, 5) is 24.3. The molecule has 0 unspecified atom stereocenters. The molecule has 2 amide bonds. The molecule has 1 aromatic heterocycles. The molecule has 2 aromatic rings. The Morgan fingerprint density at radius 3 is 2.62 bits per heavy atom. The van der Waals surface area contributed by atoms with Crippen LogP contribution in [-0.2, 0) is 18.3 Å². The molecule has 9 heteroatoms. The average Bonchev–Trinajstić information content (AvgIpc) is 3.07. The zero-order chi connectivity index (χ0) is 20.6. The molecule has 1 heterocycles. The van der Waals surface area contributed by atoms with E-state index in [0.717, 1.165) is 18.7 Å². The Bertz CT molecular complexity index is 834. The second kappa shape index (κ2) is 10.6. The molecular weight excluding hydrogens is 410 g/mol. The van der Waals surface area contributed by atoms with Gasteiger partial charge in [0.25, 0.3) is 5.91 Å². The second-order valence-corrected chi connectivity index (χ2v) is 8.54. The van der Waals surface area contributed by atoms with Crippen LogP contribution in [0.3, 0.4) is 0 Å². The van der Waals surface area contributed by atoms with Crippen molar-refractivity contribution >= 4 is 35.2 Å². The van der Waals surface area contributed by atoms with E-state index in [1.807, 2.05) is 11.6 Å². The van der Waals surface area contributed by atoms with Crippen LogP contribution in [0.1, 0.15) is 48.3 Å². The van der Waals surface area contributed by atoms with Gasteiger partial charge in [-0.05, 0) is 37.1 Å². The summed E-state index contributed by atoms with van der Waals surface area (Å²) in [5.74, 6) is 0.978. The van der Waals surface area contributed by atoms with Crippen molar-refractivity contribution in [1.29, 1.82) is 0 Å². The van der Waals surface area contributed by atoms with E-state index in [4.69, 9.17) is 11.6 Å². The fourth-order valence-corrected chi connectivity index (χ4v) is 4.19. The number of nitrogens with one attached hydrogen (secondary N) is 2. The molecule has 7 nitrogen and oxygen atoms in total. The molecule has 0 radical (unpaired) electrons. The van der Waals surface area contributed by atoms with E-state index in [1.54, 1.807) is 24.3 Å². The van der Waals surface area contributed by atoms with E-state index < -0.39 is 0 Å². The average molecular weight is 436 g/mol. The number of nitrogens with zero attached hydrogens (tertiary/aromatic N) is 3. The number of halogens is 1. The van der Waals surface area contributed by atoms with Gasteiger partial charge in [-0.25, -0.2) is 0 Å². The Labute approximate surface area is 180 Å². The molecule has 1 saturated carbocycles. The molecule has 0 saturated heterocycles. The van der Waals surface area contributed by atoms with Gasteiger partial charge in [-0.3, -0.25) is 9.59 Å². The monoisotopic (exact) mass is 435 g/mol. The Hall–Kier alpha value is -2.06. The Morgan fingerprint density at radius 2 is 1.90 bits per heavy atom. The van der Waals surface area contributed by atoms with Gasteiger partial charge in [0, 0.05) is 36.6 Å². The summed E-state index contributed by atoms with van der Waals surface area (Å²) in [6.45, 7) is 0.445. The Morgan fingerprint density at radius 1 is 1.17 bits per heavy atom. The summed E-state index contributed by atoms with van der Waals surface area (Å²) in [5.41, 5.74) is 0.563. The van der Waals surface area contributed by atoms with Crippen molar-refractivity contribution in [3.8, 4) is 0 Å². The van der Waals surface area contributed by atoms with Crippen molar-refractivity contribution in [1.82, 2.24) is 25.4 Å². The van der Waals surface area contributed by atoms with E-state index in [0.29, 0.717) is 40.5 Å². The zero-order valence-electron chi connectivity index (χ0n) is 16.5. The van der Waals surface area contributed by atoms with Gasteiger partial charge in [0.1, 0.15) is 5.82 Å². The number of carbonyl (C=O) groups is 2. The molecule has 1 aromatic carbocycles. The predicted octanol–water partition coefficient (Wildman–Crippen LogP) is 2.98. The summed E-state index contributed by atoms with van der Waals surface area (Å²) < 4.78 is 1.87. The SMILES string of the molecule is Cn1c(CCNC(=O)c2ccc(Cl)cc2)nnc1SCC(=O)NC1CCCCC1. The van der Waals surface area contributed by atoms with Crippen LogP contribution >= 0.6 is 23.4 Å². The largest absolute Gasteiger partial charge is 0.353 e. The maximum atomic E-state index is 12.2. The first-order chi connectivity index (χ1) is 14.0. The van der Waals surface area contributed by atoms with Crippen LogP contribution in [0, 0.1) is 0 Å². The third-order valence-corrected chi connectivity index (χ3v) is 6.24. The van der Waals surface area contributed by atoms with Crippen LogP contribution < -0.4 is 10.6 Å². The lowest BCUT2D eigenvalue weighted by Gasteiger charge is -2.22. The molecule has 3 rings (SSSR count). The highest BCUT2D eigenvalue weighted by Gasteiger charge is 2.17. The van der Waals surface area contributed by atoms with Crippen molar-refractivity contribution in [3.05, 3.63) is 40.7 Å². The molecule has 0 bridgehead atoms. The van der Waals surface area contributed by atoms with Crippen LogP contribution in [0.2, 0.25) is 5.02 Å². The fourth-order valence-electron chi connectivity index (χ4n) is 3.33. The summed E-state index contributed by atoms with van der Waals surface area (Å²) in [6, 6.07) is 7.07. The van der Waals surface area contributed by atoms with Crippen molar-refractivity contribution in [2.45, 2.75) is 49.7 Å². The van der Waals surface area contributed by atoms with E-state index in [1.165, 1.54) is 31.0 Å². The molecule has 29 heavy (non-hydrogen) atoms. The quantitative estimate of drug-likeness (QED) is 0.622. The lowest BCUT2D eigenvalue weighted by molar-refractivity contribution is -0.119. The first kappa shape index (κ1) is 21.6. The molecule has 0 aliphatic heterocycles. The second-order valence-electron chi connectivity index (χ2n) is 7.16. The maximum Gasteiger partial charge on any atom is 0.251 e. The third kappa shape index (κ3) is 6.47. The first-order valence-electron chi connectivity index (χ1n) is 9.87. The lowest BCUT2D eigenvalue weighted by Crippen LogP contribution is -2.37. The number of benzene rings is 1. The summed E-state index contributed by atoms with van der Waals surface area (Å²) in [5, 5.41) is 15.6. The van der Waals surface area contributed by atoms with Crippen LogP contribution in [0.5, 0.6) is 0 Å². The third-order valence-electron chi connectivity index (χ3n) is 4.97. The zero-order valence-corrected chi connectivity index (χ0v) is 18.1. The number of thioether (sulfide) groups is 1. The van der Waals surface area contributed by atoms with Gasteiger partial charge in [0.05, 0.1) is 5.75 Å². The summed E-state index contributed by atoms with van der Waals surface area (Å²) >= 11 is 7.22. The molecule has 1 aliphatic carbocycles. The number of hydrogen-bond donors (Lipinski definition) is 2. The minimum atomic E-state index is -0.155. The topological polar surface area (TPSA) is 88.9 Å². The van der Waals surface area contributed by atoms with Crippen LogP contribution in [0.25, 0.3) is 0 Å². The molecule has 156 valence electrons. The molecule has 1 fully saturated rings. The standard InChI is InChI=1S/C20H26ClN5O2S/c1-26-17(11-12-22-19(28)14-7-9-15(21)10-8-14)24-25-20(26)29-13-18(27)23-16-5-3-2-4-6-16/h7-10,16H,2-6,11-13H2,1H3,(H,22,28)(H,23,27). The molecule has 1 aliphatic rings.